The number of carbonyl (C=O) groups is 2. The number of amides is 1. The molecule has 0 aromatic heterocycles. The van der Waals surface area contributed by atoms with Gasteiger partial charge in [-0.3, -0.25) is 4.79 Å². The Morgan fingerprint density at radius 2 is 1.70 bits per heavy atom. The Morgan fingerprint density at radius 1 is 1.11 bits per heavy atom. The lowest BCUT2D eigenvalue weighted by molar-refractivity contribution is -0.168. The zero-order chi connectivity index (χ0) is 19.8. The third-order valence-corrected chi connectivity index (χ3v) is 6.65. The molecule has 1 fully saturated rings. The summed E-state index contributed by atoms with van der Waals surface area (Å²) in [5.74, 6) is -1.38. The summed E-state index contributed by atoms with van der Waals surface area (Å²) < 4.78 is 31.9. The summed E-state index contributed by atoms with van der Waals surface area (Å²) in [6.45, 7) is 5.14. The van der Waals surface area contributed by atoms with Crippen molar-refractivity contribution in [3.05, 3.63) is 65.7 Å². The van der Waals surface area contributed by atoms with Crippen LogP contribution >= 0.6 is 0 Å². The van der Waals surface area contributed by atoms with Crippen LogP contribution in [0.1, 0.15) is 25.0 Å². The van der Waals surface area contributed by atoms with Gasteiger partial charge in [-0.1, -0.05) is 48.0 Å². The van der Waals surface area contributed by atoms with Gasteiger partial charge in [0, 0.05) is 0 Å². The maximum atomic E-state index is 13.1. The predicted molar refractivity (Wildman–Crippen MR) is 99.4 cm³/mol. The first kappa shape index (κ1) is 19.1. The molecule has 0 radical (unpaired) electrons. The minimum absolute atomic E-state index is 0.0362. The molecule has 2 aromatic rings. The van der Waals surface area contributed by atoms with Crippen molar-refractivity contribution in [3.8, 4) is 0 Å². The molecule has 1 saturated heterocycles. The Bertz CT molecular complexity index is 969. The zero-order valence-corrected chi connectivity index (χ0v) is 16.2. The van der Waals surface area contributed by atoms with Gasteiger partial charge in [0.25, 0.3) is 10.0 Å². The summed E-state index contributed by atoms with van der Waals surface area (Å²) in [6.07, 6.45) is 0. The number of ether oxygens (including phenoxy) is 1. The second kappa shape index (κ2) is 6.81. The van der Waals surface area contributed by atoms with E-state index in [1.165, 1.54) is 12.1 Å². The van der Waals surface area contributed by atoms with Crippen LogP contribution in [-0.4, -0.2) is 37.2 Å². The van der Waals surface area contributed by atoms with Crippen LogP contribution in [-0.2, 0) is 29.8 Å². The van der Waals surface area contributed by atoms with E-state index in [0.29, 0.717) is 9.87 Å². The lowest BCUT2D eigenvalue weighted by Crippen LogP contribution is -2.74. The molecule has 0 unspecified atom stereocenters. The number of nitrogens with zero attached hydrogens (tertiary/aromatic N) is 1. The average Bonchev–Trinajstić information content (AvgIpc) is 2.65. The van der Waals surface area contributed by atoms with E-state index in [9.17, 15) is 18.0 Å². The summed E-state index contributed by atoms with van der Waals surface area (Å²) in [6, 6.07) is 13.6. The normalized spacial score (nSPS) is 22.3. The Hall–Kier alpha value is -2.67. The first-order chi connectivity index (χ1) is 12.7. The van der Waals surface area contributed by atoms with Crippen molar-refractivity contribution >= 4 is 21.9 Å². The molecule has 1 aliphatic rings. The molecule has 142 valence electrons. The Balaban J connectivity index is 2.09. The number of rotatable bonds is 5. The molecule has 1 aliphatic heterocycles. The SMILES string of the molecule is CCOC(=O)[C@@H]1N(S(=O)(=O)c2ccc(C)cc2)C(=O)[C@]1(C)c1ccccc1. The molecule has 7 heteroatoms. The lowest BCUT2D eigenvalue weighted by atomic mass is 9.69. The molecule has 0 saturated carbocycles. The predicted octanol–water partition coefficient (Wildman–Crippen LogP) is 2.42. The highest BCUT2D eigenvalue weighted by Crippen LogP contribution is 2.45. The van der Waals surface area contributed by atoms with Gasteiger partial charge in [-0.05, 0) is 38.5 Å². The van der Waals surface area contributed by atoms with Crippen molar-refractivity contribution in [2.45, 2.75) is 37.1 Å². The van der Waals surface area contributed by atoms with E-state index in [1.807, 2.05) is 6.92 Å². The Kier molecular flexibility index (Phi) is 4.82. The number of aryl methyl sites for hydroxylation is 1. The van der Waals surface area contributed by atoms with Crippen LogP contribution in [0.4, 0.5) is 0 Å². The molecule has 1 heterocycles. The van der Waals surface area contributed by atoms with Gasteiger partial charge in [0.15, 0.2) is 6.04 Å². The number of esters is 1. The van der Waals surface area contributed by atoms with Crippen molar-refractivity contribution in [3.63, 3.8) is 0 Å². The van der Waals surface area contributed by atoms with Gasteiger partial charge in [-0.15, -0.1) is 0 Å². The van der Waals surface area contributed by atoms with E-state index < -0.39 is 33.4 Å². The fourth-order valence-electron chi connectivity index (χ4n) is 3.32. The first-order valence-corrected chi connectivity index (χ1v) is 10.1. The smallest absolute Gasteiger partial charge is 0.331 e. The summed E-state index contributed by atoms with van der Waals surface area (Å²) in [4.78, 5) is 25.6. The van der Waals surface area contributed by atoms with Crippen LogP contribution in [0.2, 0.25) is 0 Å². The molecule has 3 rings (SSSR count). The minimum Gasteiger partial charge on any atom is -0.464 e. The number of sulfonamides is 1. The Morgan fingerprint density at radius 3 is 2.26 bits per heavy atom. The largest absolute Gasteiger partial charge is 0.464 e. The van der Waals surface area contributed by atoms with Gasteiger partial charge in [0.1, 0.15) is 5.41 Å². The minimum atomic E-state index is -4.18. The molecular formula is C20H21NO5S. The molecule has 0 spiro atoms. The van der Waals surface area contributed by atoms with Gasteiger partial charge in [-0.2, -0.15) is 0 Å². The molecule has 0 aliphatic carbocycles. The molecule has 2 aromatic carbocycles. The maximum Gasteiger partial charge on any atom is 0.331 e. The van der Waals surface area contributed by atoms with E-state index in [2.05, 4.69) is 0 Å². The van der Waals surface area contributed by atoms with Gasteiger partial charge >= 0.3 is 5.97 Å². The van der Waals surface area contributed by atoms with Crippen molar-refractivity contribution in [1.82, 2.24) is 4.31 Å². The number of benzene rings is 2. The number of β-lactam (4-membered cyclic amide) rings is 1. The van der Waals surface area contributed by atoms with Crippen LogP contribution in [0, 0.1) is 6.92 Å². The van der Waals surface area contributed by atoms with Crippen LogP contribution in [0.15, 0.2) is 59.5 Å². The highest BCUT2D eigenvalue weighted by Gasteiger charge is 2.66. The summed E-state index contributed by atoms with van der Waals surface area (Å²) in [5.41, 5.74) is 0.161. The lowest BCUT2D eigenvalue weighted by Gasteiger charge is -2.51. The third-order valence-electron chi connectivity index (χ3n) is 4.89. The molecule has 0 bridgehead atoms. The van der Waals surface area contributed by atoms with Crippen LogP contribution in [0.25, 0.3) is 0 Å². The van der Waals surface area contributed by atoms with Crippen molar-refractivity contribution in [1.29, 1.82) is 0 Å². The number of hydrogen-bond donors (Lipinski definition) is 0. The maximum absolute atomic E-state index is 13.1. The quantitative estimate of drug-likeness (QED) is 0.581. The van der Waals surface area contributed by atoms with E-state index in [0.717, 1.165) is 5.56 Å². The van der Waals surface area contributed by atoms with Gasteiger partial charge in [0.2, 0.25) is 5.91 Å². The molecular weight excluding hydrogens is 366 g/mol. The second-order valence-corrected chi connectivity index (χ2v) is 8.46. The van der Waals surface area contributed by atoms with Gasteiger partial charge < -0.3 is 4.74 Å². The van der Waals surface area contributed by atoms with E-state index >= 15 is 0 Å². The van der Waals surface area contributed by atoms with E-state index in [4.69, 9.17) is 4.74 Å². The van der Waals surface area contributed by atoms with E-state index in [1.54, 1.807) is 56.3 Å². The van der Waals surface area contributed by atoms with Gasteiger partial charge in [0.05, 0.1) is 11.5 Å². The molecule has 1 amide bonds. The van der Waals surface area contributed by atoms with Crippen LogP contribution in [0.3, 0.4) is 0 Å². The van der Waals surface area contributed by atoms with Crippen LogP contribution in [0.5, 0.6) is 0 Å². The third kappa shape index (κ3) is 2.92. The fourth-order valence-corrected chi connectivity index (χ4v) is 5.01. The molecule has 2 atom stereocenters. The summed E-state index contributed by atoms with van der Waals surface area (Å²) >= 11 is 0. The van der Waals surface area contributed by atoms with Crippen molar-refractivity contribution < 1.29 is 22.7 Å². The summed E-state index contributed by atoms with van der Waals surface area (Å²) in [5, 5.41) is 0. The van der Waals surface area contributed by atoms with Crippen molar-refractivity contribution in [2.75, 3.05) is 6.61 Å². The number of hydrogen-bond acceptors (Lipinski definition) is 5. The average molecular weight is 387 g/mol. The second-order valence-electron chi connectivity index (χ2n) is 6.64. The molecule has 27 heavy (non-hydrogen) atoms. The highest BCUT2D eigenvalue weighted by atomic mass is 32.2. The number of carbonyl (C=O) groups excluding carboxylic acids is 2. The highest BCUT2D eigenvalue weighted by molar-refractivity contribution is 7.89. The van der Waals surface area contributed by atoms with Crippen LogP contribution < -0.4 is 0 Å². The monoisotopic (exact) mass is 387 g/mol. The standard InChI is InChI=1S/C20H21NO5S/c1-4-26-18(22)17-20(3,15-8-6-5-7-9-15)19(23)21(17)27(24,25)16-12-10-14(2)11-13-16/h5-13,17H,4H2,1-3H3/t17-,20+/m0/s1. The zero-order valence-electron chi connectivity index (χ0n) is 15.4. The summed E-state index contributed by atoms with van der Waals surface area (Å²) in [7, 11) is -4.18. The molecule has 0 N–H and O–H groups in total. The molecule has 6 nitrogen and oxygen atoms in total. The Labute approximate surface area is 158 Å². The van der Waals surface area contributed by atoms with Gasteiger partial charge in [-0.25, -0.2) is 17.5 Å². The van der Waals surface area contributed by atoms with E-state index in [-0.39, 0.29) is 11.5 Å². The van der Waals surface area contributed by atoms with Crippen molar-refractivity contribution in [2.24, 2.45) is 0 Å². The topological polar surface area (TPSA) is 80.8 Å². The fraction of sp³-hybridized carbons (Fsp3) is 0.300. The first-order valence-electron chi connectivity index (χ1n) is 8.62.